The van der Waals surface area contributed by atoms with Crippen LogP contribution in [0.15, 0.2) is 30.9 Å². The van der Waals surface area contributed by atoms with Crippen LogP contribution in [-0.2, 0) is 11.3 Å². The third kappa shape index (κ3) is 5.23. The van der Waals surface area contributed by atoms with Crippen molar-refractivity contribution in [3.05, 3.63) is 47.7 Å². The minimum Gasteiger partial charge on any atom is -0.381 e. The summed E-state index contributed by atoms with van der Waals surface area (Å²) < 4.78 is 7.63. The number of benzene rings is 1. The van der Waals surface area contributed by atoms with Crippen LogP contribution in [0, 0.1) is 6.92 Å². The maximum absolute atomic E-state index is 12.9. The number of hydrogen-bond donors (Lipinski definition) is 1. The molecule has 2 aromatic rings. The third-order valence-corrected chi connectivity index (χ3v) is 4.93. The van der Waals surface area contributed by atoms with Crippen LogP contribution in [0.2, 0.25) is 0 Å². The van der Waals surface area contributed by atoms with Crippen molar-refractivity contribution in [3.8, 4) is 0 Å². The van der Waals surface area contributed by atoms with Crippen LogP contribution in [0.4, 0.5) is 0 Å². The molecule has 1 aromatic carbocycles. The molecular weight excluding hydrogens is 336 g/mol. The maximum atomic E-state index is 12.9. The minimum atomic E-state index is -0.0230. The predicted molar refractivity (Wildman–Crippen MR) is 114 cm³/mol. The van der Waals surface area contributed by atoms with Crippen LogP contribution in [0.25, 0.3) is 10.9 Å². The summed E-state index contributed by atoms with van der Waals surface area (Å²) in [4.78, 5) is 12.9. The Morgan fingerprint density at radius 3 is 2.70 bits per heavy atom. The van der Waals surface area contributed by atoms with Gasteiger partial charge in [-0.25, -0.2) is 0 Å². The summed E-state index contributed by atoms with van der Waals surface area (Å²) in [5.74, 6) is 0.437. The lowest BCUT2D eigenvalue weighted by Crippen LogP contribution is -2.28. The number of aromatic nitrogens is 1. The lowest BCUT2D eigenvalue weighted by Gasteiger charge is -2.10. The molecule has 0 unspecified atom stereocenters. The highest BCUT2D eigenvalue weighted by atomic mass is 16.5. The number of aryl methyl sites for hydroxylation is 1. The summed E-state index contributed by atoms with van der Waals surface area (Å²) in [7, 11) is 0. The molecule has 0 atom stereocenters. The van der Waals surface area contributed by atoms with Gasteiger partial charge in [-0.15, -0.1) is 6.58 Å². The number of carbonyl (C=O) groups is 1. The SMILES string of the molecule is C=CCn1c(C(=O)NCCCOCCCC)c(C)c2cc(C(C)C)ccc21. The number of hydrogen-bond acceptors (Lipinski definition) is 2. The van der Waals surface area contributed by atoms with Crippen molar-refractivity contribution in [2.75, 3.05) is 19.8 Å². The van der Waals surface area contributed by atoms with E-state index in [2.05, 4.69) is 55.4 Å². The Morgan fingerprint density at radius 1 is 1.30 bits per heavy atom. The fraction of sp³-hybridized carbons (Fsp3) is 0.522. The minimum absolute atomic E-state index is 0.0230. The van der Waals surface area contributed by atoms with E-state index in [0.29, 0.717) is 25.6 Å². The van der Waals surface area contributed by atoms with Gasteiger partial charge >= 0.3 is 0 Å². The Kier molecular flexibility index (Phi) is 8.11. The van der Waals surface area contributed by atoms with Crippen molar-refractivity contribution in [2.24, 2.45) is 0 Å². The van der Waals surface area contributed by atoms with Crippen molar-refractivity contribution in [2.45, 2.75) is 59.4 Å². The van der Waals surface area contributed by atoms with Crippen molar-refractivity contribution in [3.63, 3.8) is 0 Å². The molecule has 0 bridgehead atoms. The molecule has 0 saturated heterocycles. The smallest absolute Gasteiger partial charge is 0.268 e. The van der Waals surface area contributed by atoms with E-state index in [1.807, 2.05) is 13.0 Å². The van der Waals surface area contributed by atoms with E-state index in [0.717, 1.165) is 48.0 Å². The standard InChI is InChI=1S/C23H34N2O2/c1-6-8-14-27-15-9-12-24-23(26)22-18(5)20-16-19(17(3)4)10-11-21(20)25(22)13-7-2/h7,10-11,16-17H,2,6,8-9,12-15H2,1,3-5H3,(H,24,26). The molecule has 4 heteroatoms. The van der Waals surface area contributed by atoms with Crippen LogP contribution < -0.4 is 5.32 Å². The molecule has 1 aromatic heterocycles. The van der Waals surface area contributed by atoms with E-state index in [4.69, 9.17) is 4.74 Å². The summed E-state index contributed by atoms with van der Waals surface area (Å²) in [6.45, 7) is 15.2. The number of fused-ring (bicyclic) bond motifs is 1. The Balaban J connectivity index is 2.15. The van der Waals surface area contributed by atoms with Crippen molar-refractivity contribution in [1.29, 1.82) is 0 Å². The van der Waals surface area contributed by atoms with Crippen LogP contribution in [0.3, 0.4) is 0 Å². The fourth-order valence-electron chi connectivity index (χ4n) is 3.32. The van der Waals surface area contributed by atoms with Gasteiger partial charge in [0, 0.05) is 37.2 Å². The number of ether oxygens (including phenoxy) is 1. The van der Waals surface area contributed by atoms with E-state index in [1.54, 1.807) is 0 Å². The lowest BCUT2D eigenvalue weighted by molar-refractivity contribution is 0.0931. The molecule has 148 valence electrons. The van der Waals surface area contributed by atoms with Crippen LogP contribution in [-0.4, -0.2) is 30.2 Å². The highest BCUT2D eigenvalue weighted by molar-refractivity contribution is 6.01. The van der Waals surface area contributed by atoms with Gasteiger partial charge in [0.15, 0.2) is 0 Å². The average molecular weight is 371 g/mol. The van der Waals surface area contributed by atoms with Gasteiger partial charge in [0.05, 0.1) is 0 Å². The van der Waals surface area contributed by atoms with Crippen molar-refractivity contribution < 1.29 is 9.53 Å². The topological polar surface area (TPSA) is 43.3 Å². The first-order valence-electron chi connectivity index (χ1n) is 10.1. The highest BCUT2D eigenvalue weighted by Gasteiger charge is 2.20. The second kappa shape index (κ2) is 10.3. The molecule has 0 aliphatic heterocycles. The number of carbonyl (C=O) groups excluding carboxylic acids is 1. The monoisotopic (exact) mass is 370 g/mol. The summed E-state index contributed by atoms with van der Waals surface area (Å²) >= 11 is 0. The highest BCUT2D eigenvalue weighted by Crippen LogP contribution is 2.29. The van der Waals surface area contributed by atoms with Gasteiger partial charge in [-0.3, -0.25) is 4.79 Å². The lowest BCUT2D eigenvalue weighted by atomic mass is 10.0. The number of rotatable bonds is 11. The molecule has 4 nitrogen and oxygen atoms in total. The molecule has 0 radical (unpaired) electrons. The summed E-state index contributed by atoms with van der Waals surface area (Å²) in [6.07, 6.45) is 4.90. The zero-order valence-electron chi connectivity index (χ0n) is 17.3. The van der Waals surface area contributed by atoms with E-state index < -0.39 is 0 Å². The summed E-state index contributed by atoms with van der Waals surface area (Å²) in [6, 6.07) is 6.49. The first-order chi connectivity index (χ1) is 13.0. The quantitative estimate of drug-likeness (QED) is 0.437. The van der Waals surface area contributed by atoms with E-state index >= 15 is 0 Å². The molecule has 1 heterocycles. The molecule has 1 N–H and O–H groups in total. The molecule has 1 amide bonds. The Bertz CT molecular complexity index is 774. The zero-order chi connectivity index (χ0) is 19.8. The largest absolute Gasteiger partial charge is 0.381 e. The van der Waals surface area contributed by atoms with Crippen LogP contribution in [0.5, 0.6) is 0 Å². The van der Waals surface area contributed by atoms with Crippen molar-refractivity contribution >= 4 is 16.8 Å². The molecule has 2 rings (SSSR count). The Morgan fingerprint density at radius 2 is 2.04 bits per heavy atom. The number of nitrogens with one attached hydrogen (secondary N) is 1. The Hall–Kier alpha value is -2.07. The third-order valence-electron chi connectivity index (χ3n) is 4.93. The summed E-state index contributed by atoms with van der Waals surface area (Å²) in [5, 5.41) is 4.20. The molecule has 0 fully saturated rings. The van der Waals surface area contributed by atoms with Crippen molar-refractivity contribution in [1.82, 2.24) is 9.88 Å². The first-order valence-corrected chi connectivity index (χ1v) is 10.1. The van der Waals surface area contributed by atoms with Gasteiger partial charge in [-0.1, -0.05) is 39.3 Å². The average Bonchev–Trinajstić information content (AvgIpc) is 2.93. The van der Waals surface area contributed by atoms with E-state index in [1.165, 1.54) is 5.56 Å². The number of nitrogens with zero attached hydrogens (tertiary/aromatic N) is 1. The van der Waals surface area contributed by atoms with Gasteiger partial charge in [0.2, 0.25) is 0 Å². The van der Waals surface area contributed by atoms with Gasteiger partial charge in [-0.2, -0.15) is 0 Å². The number of allylic oxidation sites excluding steroid dienone is 1. The first kappa shape index (κ1) is 21.2. The molecule has 0 saturated carbocycles. The second-order valence-electron chi connectivity index (χ2n) is 7.38. The Labute approximate surface area is 163 Å². The number of amides is 1. The van der Waals surface area contributed by atoms with Gasteiger partial charge in [0.1, 0.15) is 5.69 Å². The molecule has 0 aliphatic rings. The fourth-order valence-corrected chi connectivity index (χ4v) is 3.32. The van der Waals surface area contributed by atoms with Crippen LogP contribution >= 0.6 is 0 Å². The van der Waals surface area contributed by atoms with E-state index in [9.17, 15) is 4.79 Å². The maximum Gasteiger partial charge on any atom is 0.268 e. The zero-order valence-corrected chi connectivity index (χ0v) is 17.3. The van der Waals surface area contributed by atoms with Gasteiger partial charge in [0.25, 0.3) is 5.91 Å². The molecule has 0 aliphatic carbocycles. The second-order valence-corrected chi connectivity index (χ2v) is 7.38. The van der Waals surface area contributed by atoms with E-state index in [-0.39, 0.29) is 5.91 Å². The summed E-state index contributed by atoms with van der Waals surface area (Å²) in [5.41, 5.74) is 4.14. The number of unbranched alkanes of at least 4 members (excludes halogenated alkanes) is 1. The molecular formula is C23H34N2O2. The van der Waals surface area contributed by atoms with Crippen LogP contribution in [0.1, 0.15) is 67.6 Å². The molecule has 27 heavy (non-hydrogen) atoms. The normalized spacial score (nSPS) is 11.3. The van der Waals surface area contributed by atoms with Gasteiger partial charge in [-0.05, 0) is 48.9 Å². The van der Waals surface area contributed by atoms with Gasteiger partial charge < -0.3 is 14.6 Å². The predicted octanol–water partition coefficient (Wildman–Crippen LogP) is 5.20. The molecule has 0 spiro atoms.